The molecule has 1 N–H and O–H groups in total. The predicted molar refractivity (Wildman–Crippen MR) is 62.0 cm³/mol. The third kappa shape index (κ3) is 2.83. The minimum atomic E-state index is -3.45. The average molecular weight is 279 g/mol. The molecular weight excluding hydrogens is 272 g/mol. The average Bonchev–Trinajstić information content (AvgIpc) is 2.64. The van der Waals surface area contributed by atoms with Crippen LogP contribution in [-0.4, -0.2) is 39.9 Å². The molecule has 2 aromatic heterocycles. The first-order valence-corrected chi connectivity index (χ1v) is 7.72. The molecule has 0 fully saturated rings. The summed E-state index contributed by atoms with van der Waals surface area (Å²) in [6, 6.07) is 0. The van der Waals surface area contributed by atoms with E-state index in [-0.39, 0.29) is 5.75 Å². The van der Waals surface area contributed by atoms with E-state index in [0.29, 0.717) is 21.9 Å². The lowest BCUT2D eigenvalue weighted by Gasteiger charge is -1.99. The number of nitrogens with one attached hydrogen (secondary N) is 1. The Morgan fingerprint density at radius 1 is 1.38 bits per heavy atom. The minimum Gasteiger partial charge on any atom is -0.341 e. The number of halogens is 1. The van der Waals surface area contributed by atoms with Crippen molar-refractivity contribution >= 4 is 42.7 Å². The highest BCUT2D eigenvalue weighted by Crippen LogP contribution is 2.21. The highest BCUT2D eigenvalue weighted by atomic mass is 35.7. The fraction of sp³-hybridized carbons (Fsp3) is 0.286. The molecule has 16 heavy (non-hydrogen) atoms. The van der Waals surface area contributed by atoms with Gasteiger partial charge in [-0.25, -0.2) is 23.4 Å². The number of H-pyrrole nitrogens is 1. The summed E-state index contributed by atoms with van der Waals surface area (Å²) in [7, 11) is 1.65. The van der Waals surface area contributed by atoms with E-state index >= 15 is 0 Å². The number of rotatable bonds is 4. The van der Waals surface area contributed by atoms with E-state index in [1.54, 1.807) is 0 Å². The molecule has 6 nitrogen and oxygen atoms in total. The molecule has 2 rings (SSSR count). The predicted octanol–water partition coefficient (Wildman–Crippen LogP) is 1.01. The van der Waals surface area contributed by atoms with Gasteiger partial charge in [-0.15, -0.1) is 11.8 Å². The highest BCUT2D eigenvalue weighted by molar-refractivity contribution is 8.14. The minimum absolute atomic E-state index is 0.0984. The Labute approximate surface area is 100 Å². The Balaban J connectivity index is 2.12. The van der Waals surface area contributed by atoms with Gasteiger partial charge in [0.1, 0.15) is 16.9 Å². The normalized spacial score (nSPS) is 12.1. The zero-order valence-electron chi connectivity index (χ0n) is 7.92. The largest absolute Gasteiger partial charge is 0.341 e. The van der Waals surface area contributed by atoms with Crippen molar-refractivity contribution in [2.45, 2.75) is 5.03 Å². The van der Waals surface area contributed by atoms with Crippen LogP contribution >= 0.6 is 22.4 Å². The van der Waals surface area contributed by atoms with Gasteiger partial charge in [0.15, 0.2) is 5.65 Å². The Morgan fingerprint density at radius 3 is 2.94 bits per heavy atom. The molecule has 0 bridgehead atoms. The lowest BCUT2D eigenvalue weighted by Crippen LogP contribution is -2.00. The monoisotopic (exact) mass is 278 g/mol. The van der Waals surface area contributed by atoms with E-state index in [1.165, 1.54) is 24.4 Å². The molecule has 0 atom stereocenters. The second-order valence-corrected chi connectivity index (χ2v) is 6.85. The fourth-order valence-corrected chi connectivity index (χ4v) is 3.40. The van der Waals surface area contributed by atoms with Crippen LogP contribution in [0.2, 0.25) is 0 Å². The van der Waals surface area contributed by atoms with E-state index in [2.05, 4.69) is 19.9 Å². The van der Waals surface area contributed by atoms with E-state index in [1.807, 2.05) is 0 Å². The summed E-state index contributed by atoms with van der Waals surface area (Å²) in [6.45, 7) is 0. The van der Waals surface area contributed by atoms with Gasteiger partial charge in [-0.3, -0.25) is 0 Å². The van der Waals surface area contributed by atoms with Crippen LogP contribution in [0.25, 0.3) is 11.2 Å². The lowest BCUT2D eigenvalue weighted by atomic mass is 10.6. The molecule has 0 unspecified atom stereocenters. The van der Waals surface area contributed by atoms with Crippen molar-refractivity contribution in [3.63, 3.8) is 0 Å². The second kappa shape index (κ2) is 4.56. The lowest BCUT2D eigenvalue weighted by molar-refractivity contribution is 0.611. The van der Waals surface area contributed by atoms with Crippen molar-refractivity contribution < 1.29 is 8.42 Å². The smallest absolute Gasteiger partial charge is 0.233 e. The molecule has 2 aromatic rings. The fourth-order valence-electron chi connectivity index (χ4n) is 1.09. The quantitative estimate of drug-likeness (QED) is 0.510. The van der Waals surface area contributed by atoms with Crippen molar-refractivity contribution in [3.05, 3.63) is 12.7 Å². The molecule has 0 amide bonds. The Kier molecular flexibility index (Phi) is 3.31. The first kappa shape index (κ1) is 11.6. The molecule has 0 radical (unpaired) electrons. The van der Waals surface area contributed by atoms with E-state index < -0.39 is 9.05 Å². The molecule has 0 aliphatic rings. The first-order valence-electron chi connectivity index (χ1n) is 4.25. The summed E-state index contributed by atoms with van der Waals surface area (Å²) in [5.41, 5.74) is 1.27. The topological polar surface area (TPSA) is 88.6 Å². The SMILES string of the molecule is O=S(=O)(Cl)CCSc1ncnc2nc[nH]c12. The Hall–Kier alpha value is -0.860. The van der Waals surface area contributed by atoms with Crippen molar-refractivity contribution in [2.75, 3.05) is 11.5 Å². The van der Waals surface area contributed by atoms with E-state index in [0.717, 1.165) is 0 Å². The zero-order valence-corrected chi connectivity index (χ0v) is 10.3. The molecule has 0 aliphatic heterocycles. The Morgan fingerprint density at radius 2 is 2.19 bits per heavy atom. The molecule has 2 heterocycles. The van der Waals surface area contributed by atoms with Gasteiger partial charge >= 0.3 is 0 Å². The van der Waals surface area contributed by atoms with Crippen molar-refractivity contribution in [2.24, 2.45) is 0 Å². The van der Waals surface area contributed by atoms with Crippen molar-refractivity contribution in [1.82, 2.24) is 19.9 Å². The first-order chi connectivity index (χ1) is 7.56. The van der Waals surface area contributed by atoms with Crippen LogP contribution in [0.4, 0.5) is 0 Å². The van der Waals surface area contributed by atoms with Crippen molar-refractivity contribution in [3.8, 4) is 0 Å². The third-order valence-electron chi connectivity index (χ3n) is 1.75. The van der Waals surface area contributed by atoms with Gasteiger partial charge in [-0.1, -0.05) is 0 Å². The number of hydrogen-bond donors (Lipinski definition) is 1. The molecule has 0 aromatic carbocycles. The van der Waals surface area contributed by atoms with Gasteiger partial charge in [0.05, 0.1) is 12.1 Å². The Bertz CT molecular complexity index is 597. The maximum atomic E-state index is 10.7. The van der Waals surface area contributed by atoms with Crippen LogP contribution in [-0.2, 0) is 9.05 Å². The zero-order chi connectivity index (χ0) is 11.6. The van der Waals surface area contributed by atoms with Gasteiger partial charge in [-0.05, 0) is 0 Å². The summed E-state index contributed by atoms with van der Waals surface area (Å²) < 4.78 is 21.5. The van der Waals surface area contributed by atoms with Crippen LogP contribution in [0.15, 0.2) is 17.7 Å². The summed E-state index contributed by atoms with van der Waals surface area (Å²) in [6.07, 6.45) is 2.91. The molecule has 86 valence electrons. The van der Waals surface area contributed by atoms with Crippen LogP contribution in [0.5, 0.6) is 0 Å². The van der Waals surface area contributed by atoms with Crippen LogP contribution in [0.1, 0.15) is 0 Å². The van der Waals surface area contributed by atoms with Crippen molar-refractivity contribution in [1.29, 1.82) is 0 Å². The third-order valence-corrected chi connectivity index (χ3v) is 4.16. The van der Waals surface area contributed by atoms with Gasteiger partial charge < -0.3 is 4.98 Å². The van der Waals surface area contributed by atoms with Crippen LogP contribution in [0.3, 0.4) is 0 Å². The maximum absolute atomic E-state index is 10.7. The van der Waals surface area contributed by atoms with Gasteiger partial charge in [0.25, 0.3) is 0 Å². The summed E-state index contributed by atoms with van der Waals surface area (Å²) in [5.74, 6) is 0.246. The number of aromatic amines is 1. The summed E-state index contributed by atoms with van der Waals surface area (Å²) in [4.78, 5) is 14.9. The van der Waals surface area contributed by atoms with Gasteiger partial charge in [0, 0.05) is 16.4 Å². The van der Waals surface area contributed by atoms with Gasteiger partial charge in [-0.2, -0.15) is 0 Å². The highest BCUT2D eigenvalue weighted by Gasteiger charge is 2.09. The second-order valence-electron chi connectivity index (χ2n) is 2.87. The molecular formula is C7H7ClN4O2S2. The molecule has 0 saturated heterocycles. The number of fused-ring (bicyclic) bond motifs is 1. The maximum Gasteiger partial charge on any atom is 0.233 e. The molecule has 0 aliphatic carbocycles. The number of imidazole rings is 1. The number of nitrogens with zero attached hydrogens (tertiary/aromatic N) is 3. The van der Waals surface area contributed by atoms with E-state index in [9.17, 15) is 8.42 Å². The van der Waals surface area contributed by atoms with E-state index in [4.69, 9.17) is 10.7 Å². The van der Waals surface area contributed by atoms with Crippen LogP contribution in [0, 0.1) is 0 Å². The molecule has 9 heteroatoms. The van der Waals surface area contributed by atoms with Gasteiger partial charge in [0.2, 0.25) is 9.05 Å². The summed E-state index contributed by atoms with van der Waals surface area (Å²) >= 11 is 1.30. The standard InChI is InChI=1S/C7H7ClN4O2S2/c8-16(13,14)2-1-15-7-5-6(10-3-9-5)11-4-12-7/h3-4H,1-2H2,(H,9,10,11,12). The number of aromatic nitrogens is 4. The molecule has 0 saturated carbocycles. The summed E-state index contributed by atoms with van der Waals surface area (Å²) in [5, 5.41) is 0.669. The number of thioether (sulfide) groups is 1. The number of hydrogen-bond acceptors (Lipinski definition) is 6. The molecule has 0 spiro atoms. The van der Waals surface area contributed by atoms with Crippen LogP contribution < -0.4 is 0 Å².